The Hall–Kier alpha value is -2.48. The minimum Gasteiger partial charge on any atom is -0.362 e. The third-order valence-corrected chi connectivity index (χ3v) is 5.64. The molecule has 2 aromatic rings. The molecule has 3 rings (SSSR count). The summed E-state index contributed by atoms with van der Waals surface area (Å²) in [6.45, 7) is 7.08. The van der Waals surface area contributed by atoms with E-state index < -0.39 is 0 Å². The van der Waals surface area contributed by atoms with Crippen molar-refractivity contribution in [1.29, 1.82) is 0 Å². The van der Waals surface area contributed by atoms with Crippen LogP contribution in [0.25, 0.3) is 0 Å². The minimum absolute atomic E-state index is 0.00992. The standard InChI is InChI=1S/C19H25N5O2S/c1-3-21-19-22-14(2)17(27-19)18(26)24-9-5-8-23(10-11-24)16(25)12-15-6-4-7-20-13-15/h4,6-7,13H,3,5,8-12H2,1-2H3,(H,21,22). The number of thiazole rings is 1. The van der Waals surface area contributed by atoms with Crippen LogP contribution in [0.5, 0.6) is 0 Å². The second-order valence-corrected chi connectivity index (χ2v) is 7.53. The average molecular weight is 388 g/mol. The van der Waals surface area contributed by atoms with E-state index in [1.165, 1.54) is 11.3 Å². The van der Waals surface area contributed by atoms with Crippen LogP contribution in [0.3, 0.4) is 0 Å². The number of carbonyl (C=O) groups excluding carboxylic acids is 2. The van der Waals surface area contributed by atoms with Crippen molar-refractivity contribution in [2.45, 2.75) is 26.7 Å². The van der Waals surface area contributed by atoms with Crippen LogP contribution >= 0.6 is 11.3 Å². The first-order valence-electron chi connectivity index (χ1n) is 9.25. The van der Waals surface area contributed by atoms with Gasteiger partial charge in [-0.1, -0.05) is 17.4 Å². The van der Waals surface area contributed by atoms with E-state index in [0.717, 1.165) is 29.4 Å². The van der Waals surface area contributed by atoms with Gasteiger partial charge in [-0.25, -0.2) is 4.98 Å². The van der Waals surface area contributed by atoms with E-state index in [-0.39, 0.29) is 11.8 Å². The molecule has 0 aliphatic carbocycles. The van der Waals surface area contributed by atoms with Crippen LogP contribution < -0.4 is 5.32 Å². The van der Waals surface area contributed by atoms with Gasteiger partial charge in [-0.05, 0) is 31.9 Å². The first kappa shape index (κ1) is 19.3. The molecule has 0 atom stereocenters. The van der Waals surface area contributed by atoms with Crippen molar-refractivity contribution in [3.8, 4) is 0 Å². The number of hydrogen-bond acceptors (Lipinski definition) is 6. The van der Waals surface area contributed by atoms with Gasteiger partial charge in [-0.15, -0.1) is 0 Å². The highest BCUT2D eigenvalue weighted by Gasteiger charge is 2.25. The fraction of sp³-hybridized carbons (Fsp3) is 0.474. The second-order valence-electron chi connectivity index (χ2n) is 6.53. The summed E-state index contributed by atoms with van der Waals surface area (Å²) in [5.74, 6) is 0.0939. The van der Waals surface area contributed by atoms with Crippen LogP contribution in [0, 0.1) is 6.92 Å². The lowest BCUT2D eigenvalue weighted by atomic mass is 10.2. The molecule has 8 heteroatoms. The maximum Gasteiger partial charge on any atom is 0.265 e. The third-order valence-electron chi connectivity index (χ3n) is 4.53. The summed E-state index contributed by atoms with van der Waals surface area (Å²) in [6.07, 6.45) is 4.55. The molecular weight excluding hydrogens is 362 g/mol. The molecule has 0 bridgehead atoms. The van der Waals surface area contributed by atoms with Crippen molar-refractivity contribution in [1.82, 2.24) is 19.8 Å². The van der Waals surface area contributed by atoms with E-state index in [1.807, 2.05) is 35.8 Å². The van der Waals surface area contributed by atoms with E-state index >= 15 is 0 Å². The van der Waals surface area contributed by atoms with Crippen molar-refractivity contribution in [2.24, 2.45) is 0 Å². The monoisotopic (exact) mass is 387 g/mol. The molecule has 7 nitrogen and oxygen atoms in total. The fourth-order valence-electron chi connectivity index (χ4n) is 3.12. The average Bonchev–Trinajstić information content (AvgIpc) is 2.88. The maximum atomic E-state index is 12.9. The van der Waals surface area contributed by atoms with Crippen LogP contribution in [0.1, 0.15) is 34.3 Å². The zero-order valence-corrected chi connectivity index (χ0v) is 16.6. The van der Waals surface area contributed by atoms with Crippen LogP contribution in [0.2, 0.25) is 0 Å². The van der Waals surface area contributed by atoms with Gasteiger partial charge in [0.2, 0.25) is 5.91 Å². The van der Waals surface area contributed by atoms with Gasteiger partial charge in [0.15, 0.2) is 5.13 Å². The van der Waals surface area contributed by atoms with Gasteiger partial charge in [-0.3, -0.25) is 14.6 Å². The molecule has 1 saturated heterocycles. The Labute approximate surface area is 163 Å². The molecule has 1 aliphatic rings. The zero-order chi connectivity index (χ0) is 19.2. The Morgan fingerprint density at radius 1 is 1.22 bits per heavy atom. The number of hydrogen-bond donors (Lipinski definition) is 1. The highest BCUT2D eigenvalue weighted by molar-refractivity contribution is 7.17. The molecule has 0 aromatic carbocycles. The van der Waals surface area contributed by atoms with Gasteiger partial charge < -0.3 is 15.1 Å². The molecule has 1 N–H and O–H groups in total. The summed E-state index contributed by atoms with van der Waals surface area (Å²) in [5.41, 5.74) is 1.67. The molecule has 0 saturated carbocycles. The number of anilines is 1. The number of nitrogens with zero attached hydrogens (tertiary/aromatic N) is 4. The number of carbonyl (C=O) groups is 2. The SMILES string of the molecule is CCNc1nc(C)c(C(=O)N2CCCN(C(=O)Cc3cccnc3)CC2)s1. The Morgan fingerprint density at radius 2 is 2.00 bits per heavy atom. The first-order chi connectivity index (χ1) is 13.1. The number of nitrogens with one attached hydrogen (secondary N) is 1. The van der Waals surface area contributed by atoms with Gasteiger partial charge in [-0.2, -0.15) is 0 Å². The lowest BCUT2D eigenvalue weighted by molar-refractivity contribution is -0.130. The van der Waals surface area contributed by atoms with Gasteiger partial charge in [0.05, 0.1) is 12.1 Å². The first-order valence-corrected chi connectivity index (χ1v) is 10.1. The zero-order valence-electron chi connectivity index (χ0n) is 15.8. The van der Waals surface area contributed by atoms with Crippen LogP contribution in [-0.2, 0) is 11.2 Å². The molecule has 0 radical (unpaired) electrons. The molecule has 0 unspecified atom stereocenters. The summed E-state index contributed by atoms with van der Waals surface area (Å²) in [6, 6.07) is 3.75. The van der Waals surface area contributed by atoms with E-state index in [1.54, 1.807) is 12.4 Å². The van der Waals surface area contributed by atoms with E-state index in [2.05, 4.69) is 15.3 Å². The number of aryl methyl sites for hydroxylation is 1. The molecular formula is C19H25N5O2S. The van der Waals surface area contributed by atoms with Crippen LogP contribution in [-0.4, -0.2) is 64.3 Å². The topological polar surface area (TPSA) is 78.4 Å². The van der Waals surface area contributed by atoms with Crippen molar-refractivity contribution < 1.29 is 9.59 Å². The molecule has 3 heterocycles. The molecule has 2 amide bonds. The normalized spacial score (nSPS) is 14.7. The van der Waals surface area contributed by atoms with E-state index in [4.69, 9.17) is 0 Å². The van der Waals surface area contributed by atoms with Gasteiger partial charge in [0.1, 0.15) is 4.88 Å². The van der Waals surface area contributed by atoms with E-state index in [9.17, 15) is 9.59 Å². The Kier molecular flexibility index (Phi) is 6.39. The van der Waals surface area contributed by atoms with Crippen molar-refractivity contribution in [3.63, 3.8) is 0 Å². The van der Waals surface area contributed by atoms with Gasteiger partial charge in [0, 0.05) is 45.1 Å². The summed E-state index contributed by atoms with van der Waals surface area (Å²) in [4.78, 5) is 38.3. The summed E-state index contributed by atoms with van der Waals surface area (Å²) >= 11 is 1.40. The van der Waals surface area contributed by atoms with Gasteiger partial charge in [0.25, 0.3) is 5.91 Å². The highest BCUT2D eigenvalue weighted by Crippen LogP contribution is 2.24. The number of rotatable bonds is 5. The third kappa shape index (κ3) is 4.82. The van der Waals surface area contributed by atoms with Crippen molar-refractivity contribution >= 4 is 28.3 Å². The molecule has 144 valence electrons. The maximum absolute atomic E-state index is 12.9. The largest absolute Gasteiger partial charge is 0.362 e. The molecule has 0 spiro atoms. The van der Waals surface area contributed by atoms with E-state index in [0.29, 0.717) is 37.5 Å². The van der Waals surface area contributed by atoms with Gasteiger partial charge >= 0.3 is 0 Å². The van der Waals surface area contributed by atoms with Crippen LogP contribution in [0.15, 0.2) is 24.5 Å². The minimum atomic E-state index is 0.00992. The lowest BCUT2D eigenvalue weighted by Crippen LogP contribution is -2.38. The highest BCUT2D eigenvalue weighted by atomic mass is 32.1. The predicted octanol–water partition coefficient (Wildman–Crippen LogP) is 2.20. The summed E-state index contributed by atoms with van der Waals surface area (Å²) in [7, 11) is 0. The number of aromatic nitrogens is 2. The summed E-state index contributed by atoms with van der Waals surface area (Å²) in [5, 5.41) is 3.94. The fourth-order valence-corrected chi connectivity index (χ4v) is 4.13. The molecule has 27 heavy (non-hydrogen) atoms. The molecule has 1 aliphatic heterocycles. The number of pyridine rings is 1. The Morgan fingerprint density at radius 3 is 2.74 bits per heavy atom. The Bertz CT molecular complexity index is 793. The van der Waals surface area contributed by atoms with Crippen molar-refractivity contribution in [2.75, 3.05) is 38.0 Å². The molecule has 1 fully saturated rings. The summed E-state index contributed by atoms with van der Waals surface area (Å²) < 4.78 is 0. The Balaban J connectivity index is 1.61. The smallest absolute Gasteiger partial charge is 0.265 e. The predicted molar refractivity (Wildman–Crippen MR) is 106 cm³/mol. The lowest BCUT2D eigenvalue weighted by Gasteiger charge is -2.22. The number of amides is 2. The quantitative estimate of drug-likeness (QED) is 0.851. The van der Waals surface area contributed by atoms with Crippen molar-refractivity contribution in [3.05, 3.63) is 40.7 Å². The van der Waals surface area contributed by atoms with Crippen LogP contribution in [0.4, 0.5) is 5.13 Å². The second kappa shape index (κ2) is 8.94. The molecule has 2 aromatic heterocycles.